The summed E-state index contributed by atoms with van der Waals surface area (Å²) in [5, 5.41) is 9.10. The zero-order chi connectivity index (χ0) is 19.7. The van der Waals surface area contributed by atoms with Crippen LogP contribution in [-0.4, -0.2) is 20.7 Å². The van der Waals surface area contributed by atoms with Crippen molar-refractivity contribution in [3.63, 3.8) is 0 Å². The Balaban J connectivity index is 1.57. The summed E-state index contributed by atoms with van der Waals surface area (Å²) in [6.07, 6.45) is 1.67. The van der Waals surface area contributed by atoms with E-state index in [-0.39, 0.29) is 11.7 Å². The van der Waals surface area contributed by atoms with E-state index in [4.69, 9.17) is 0 Å². The molecule has 28 heavy (non-hydrogen) atoms. The lowest BCUT2D eigenvalue weighted by atomic mass is 10.1. The molecule has 5 nitrogen and oxygen atoms in total. The molecule has 0 spiro atoms. The average molecular weight is 392 g/mol. The van der Waals surface area contributed by atoms with E-state index in [2.05, 4.69) is 15.4 Å². The van der Waals surface area contributed by atoms with Crippen LogP contribution < -0.4 is 5.32 Å². The number of hydrogen-bond acceptors (Lipinski definition) is 4. The van der Waals surface area contributed by atoms with Gasteiger partial charge in [0.05, 0.1) is 16.3 Å². The van der Waals surface area contributed by atoms with E-state index in [1.165, 1.54) is 17.4 Å². The molecule has 1 N–H and O–H groups in total. The molecule has 3 heterocycles. The van der Waals surface area contributed by atoms with Gasteiger partial charge in [-0.3, -0.25) is 9.48 Å². The van der Waals surface area contributed by atoms with Crippen LogP contribution in [-0.2, 0) is 7.05 Å². The van der Waals surface area contributed by atoms with Crippen molar-refractivity contribution < 1.29 is 9.18 Å². The standard InChI is InChI=1S/C21H17FN4OS/c1-13-9-10-28-20(13)21(27)24-19-8-7-14(12-23-19)18-11-17(25-26(18)2)15-5-3-4-6-16(15)22/h3-12H,1-2H3,(H,23,24,27). The average Bonchev–Trinajstić information content (AvgIpc) is 3.28. The van der Waals surface area contributed by atoms with Gasteiger partial charge in [0.1, 0.15) is 11.6 Å². The summed E-state index contributed by atoms with van der Waals surface area (Å²) in [6, 6.07) is 13.9. The largest absolute Gasteiger partial charge is 0.306 e. The first-order chi connectivity index (χ1) is 13.5. The van der Waals surface area contributed by atoms with Crippen LogP contribution in [0.15, 0.2) is 60.1 Å². The van der Waals surface area contributed by atoms with E-state index in [1.54, 1.807) is 42.2 Å². The predicted molar refractivity (Wildman–Crippen MR) is 109 cm³/mol. The van der Waals surface area contributed by atoms with Crippen LogP contribution in [0.3, 0.4) is 0 Å². The van der Waals surface area contributed by atoms with Crippen molar-refractivity contribution in [2.45, 2.75) is 6.92 Å². The first-order valence-electron chi connectivity index (χ1n) is 8.64. The molecule has 0 aliphatic heterocycles. The summed E-state index contributed by atoms with van der Waals surface area (Å²) < 4.78 is 15.7. The molecular formula is C21H17FN4OS. The number of benzene rings is 1. The number of thiophene rings is 1. The molecule has 3 aromatic heterocycles. The number of aryl methyl sites for hydroxylation is 2. The number of nitrogens with one attached hydrogen (secondary N) is 1. The topological polar surface area (TPSA) is 59.8 Å². The summed E-state index contributed by atoms with van der Waals surface area (Å²) in [5.41, 5.74) is 3.57. The number of hydrogen-bond donors (Lipinski definition) is 1. The predicted octanol–water partition coefficient (Wildman–Crippen LogP) is 4.91. The van der Waals surface area contributed by atoms with Gasteiger partial charge in [-0.05, 0) is 54.3 Å². The van der Waals surface area contributed by atoms with Crippen molar-refractivity contribution in [2.24, 2.45) is 7.05 Å². The van der Waals surface area contributed by atoms with E-state index in [9.17, 15) is 9.18 Å². The zero-order valence-corrected chi connectivity index (χ0v) is 16.1. The highest BCUT2D eigenvalue weighted by Crippen LogP contribution is 2.27. The lowest BCUT2D eigenvalue weighted by Crippen LogP contribution is -2.12. The van der Waals surface area contributed by atoms with E-state index in [1.807, 2.05) is 30.5 Å². The minimum atomic E-state index is -0.313. The van der Waals surface area contributed by atoms with Crippen LogP contribution in [0.1, 0.15) is 15.2 Å². The van der Waals surface area contributed by atoms with Crippen molar-refractivity contribution >= 4 is 23.1 Å². The zero-order valence-electron chi connectivity index (χ0n) is 15.3. The molecule has 0 aliphatic carbocycles. The maximum absolute atomic E-state index is 14.0. The molecule has 1 amide bonds. The number of pyridine rings is 1. The van der Waals surface area contributed by atoms with Crippen LogP contribution in [0.2, 0.25) is 0 Å². The Morgan fingerprint density at radius 2 is 2.00 bits per heavy atom. The van der Waals surface area contributed by atoms with Crippen LogP contribution >= 0.6 is 11.3 Å². The number of nitrogens with zero attached hydrogens (tertiary/aromatic N) is 3. The highest BCUT2D eigenvalue weighted by Gasteiger charge is 2.14. The van der Waals surface area contributed by atoms with E-state index < -0.39 is 0 Å². The van der Waals surface area contributed by atoms with Gasteiger partial charge in [0.15, 0.2) is 0 Å². The van der Waals surface area contributed by atoms with Crippen molar-refractivity contribution in [1.82, 2.24) is 14.8 Å². The maximum Gasteiger partial charge on any atom is 0.267 e. The van der Waals surface area contributed by atoms with Crippen LogP contribution in [0.5, 0.6) is 0 Å². The molecule has 140 valence electrons. The minimum absolute atomic E-state index is 0.171. The molecule has 1 aromatic carbocycles. The molecule has 0 fully saturated rings. The fraction of sp³-hybridized carbons (Fsp3) is 0.0952. The number of amides is 1. The van der Waals surface area contributed by atoms with E-state index >= 15 is 0 Å². The van der Waals surface area contributed by atoms with Crippen molar-refractivity contribution in [3.05, 3.63) is 76.4 Å². The molecule has 0 unspecified atom stereocenters. The second-order valence-electron chi connectivity index (χ2n) is 6.34. The lowest BCUT2D eigenvalue weighted by molar-refractivity contribution is 0.102. The number of carbonyl (C=O) groups is 1. The van der Waals surface area contributed by atoms with Gasteiger partial charge in [-0.1, -0.05) is 12.1 Å². The first kappa shape index (κ1) is 18.1. The van der Waals surface area contributed by atoms with Crippen molar-refractivity contribution in [2.75, 3.05) is 5.32 Å². The van der Waals surface area contributed by atoms with Crippen molar-refractivity contribution in [1.29, 1.82) is 0 Å². The highest BCUT2D eigenvalue weighted by atomic mass is 32.1. The lowest BCUT2D eigenvalue weighted by Gasteiger charge is -2.05. The van der Waals surface area contributed by atoms with Gasteiger partial charge in [-0.2, -0.15) is 5.10 Å². The van der Waals surface area contributed by atoms with Gasteiger partial charge in [0, 0.05) is 24.4 Å². The summed E-state index contributed by atoms with van der Waals surface area (Å²) in [5.74, 6) is -0.0135. The first-order valence-corrected chi connectivity index (χ1v) is 9.51. The number of halogens is 1. The van der Waals surface area contributed by atoms with Crippen LogP contribution in [0.4, 0.5) is 10.2 Å². The Kier molecular flexibility index (Phi) is 4.75. The highest BCUT2D eigenvalue weighted by molar-refractivity contribution is 7.12. The Hall–Kier alpha value is -3.32. The molecular weight excluding hydrogens is 375 g/mol. The third kappa shape index (κ3) is 3.44. The summed E-state index contributed by atoms with van der Waals surface area (Å²) in [7, 11) is 1.80. The Labute approximate surface area is 165 Å². The quantitative estimate of drug-likeness (QED) is 0.537. The SMILES string of the molecule is Cc1ccsc1C(=O)Nc1ccc(-c2cc(-c3ccccc3F)nn2C)cn1. The fourth-order valence-electron chi connectivity index (χ4n) is 2.94. The molecule has 0 aliphatic rings. The molecule has 0 saturated carbocycles. The van der Waals surface area contributed by atoms with Gasteiger partial charge in [0.25, 0.3) is 5.91 Å². The molecule has 0 atom stereocenters. The third-order valence-corrected chi connectivity index (χ3v) is 5.41. The van der Waals surface area contributed by atoms with Crippen LogP contribution in [0.25, 0.3) is 22.5 Å². The maximum atomic E-state index is 14.0. The summed E-state index contributed by atoms with van der Waals surface area (Å²) >= 11 is 1.40. The molecule has 0 radical (unpaired) electrons. The fourth-order valence-corrected chi connectivity index (χ4v) is 3.76. The normalized spacial score (nSPS) is 10.8. The number of rotatable bonds is 4. The monoisotopic (exact) mass is 392 g/mol. The second kappa shape index (κ2) is 7.36. The van der Waals surface area contributed by atoms with Gasteiger partial charge in [-0.25, -0.2) is 9.37 Å². The van der Waals surface area contributed by atoms with Crippen molar-refractivity contribution in [3.8, 4) is 22.5 Å². The summed E-state index contributed by atoms with van der Waals surface area (Å²) in [6.45, 7) is 1.90. The van der Waals surface area contributed by atoms with Gasteiger partial charge in [-0.15, -0.1) is 11.3 Å². The molecule has 7 heteroatoms. The Morgan fingerprint density at radius 1 is 1.18 bits per heavy atom. The number of anilines is 1. The van der Waals surface area contributed by atoms with E-state index in [0.717, 1.165) is 16.8 Å². The molecule has 0 saturated heterocycles. The molecule has 0 bridgehead atoms. The van der Waals surface area contributed by atoms with Gasteiger partial charge >= 0.3 is 0 Å². The Morgan fingerprint density at radius 3 is 2.68 bits per heavy atom. The second-order valence-corrected chi connectivity index (χ2v) is 7.25. The van der Waals surface area contributed by atoms with E-state index in [0.29, 0.717) is 22.0 Å². The van der Waals surface area contributed by atoms with Gasteiger partial charge in [0.2, 0.25) is 0 Å². The van der Waals surface area contributed by atoms with Crippen LogP contribution in [0, 0.1) is 12.7 Å². The Bertz CT molecular complexity index is 1150. The molecule has 4 aromatic rings. The van der Waals surface area contributed by atoms with Gasteiger partial charge < -0.3 is 5.32 Å². The number of aromatic nitrogens is 3. The minimum Gasteiger partial charge on any atom is -0.306 e. The summed E-state index contributed by atoms with van der Waals surface area (Å²) in [4.78, 5) is 17.3. The third-order valence-electron chi connectivity index (χ3n) is 4.40. The smallest absolute Gasteiger partial charge is 0.267 e. The number of carbonyl (C=O) groups excluding carboxylic acids is 1. The molecule has 4 rings (SSSR count).